The third kappa shape index (κ3) is 9.98. The smallest absolute Gasteiger partial charge is 0.309 e. The lowest BCUT2D eigenvalue weighted by molar-refractivity contribution is -0.151. The van der Waals surface area contributed by atoms with Crippen molar-refractivity contribution in [3.63, 3.8) is 0 Å². The van der Waals surface area contributed by atoms with Crippen LogP contribution in [-0.4, -0.2) is 52.7 Å². The van der Waals surface area contributed by atoms with Gasteiger partial charge in [0.05, 0.1) is 24.3 Å². The number of ketones is 1. The molecule has 0 bridgehead atoms. The summed E-state index contributed by atoms with van der Waals surface area (Å²) in [5.74, 6) is -2.21. The minimum Gasteiger partial charge on any atom is -0.457 e. The van der Waals surface area contributed by atoms with E-state index in [1.807, 2.05) is 44.6 Å². The van der Waals surface area contributed by atoms with E-state index in [0.29, 0.717) is 6.42 Å². The van der Waals surface area contributed by atoms with E-state index in [9.17, 15) is 19.8 Å². The van der Waals surface area contributed by atoms with Gasteiger partial charge in [-0.15, -0.1) is 11.8 Å². The van der Waals surface area contributed by atoms with Gasteiger partial charge in [-0.05, 0) is 62.3 Å². The number of aliphatic imine (C=N–C) groups is 1. The predicted octanol–water partition coefficient (Wildman–Crippen LogP) is 4.86. The number of carbonyl (C=O) groups excluding carboxylic acids is 2. The summed E-state index contributed by atoms with van der Waals surface area (Å²) >= 11 is 1.54. The first kappa shape index (κ1) is 29.3. The Balaban J connectivity index is 3.15. The van der Waals surface area contributed by atoms with Crippen LogP contribution in [0.25, 0.3) is 0 Å². The number of allylic oxidation sites excluding steroid dienone is 2. The fourth-order valence-electron chi connectivity index (χ4n) is 3.91. The molecule has 0 saturated heterocycles. The van der Waals surface area contributed by atoms with Gasteiger partial charge < -0.3 is 14.9 Å². The third-order valence-corrected chi connectivity index (χ3v) is 6.64. The number of aliphatic hydroxyl groups excluding tert-OH is 2. The number of nitrogens with zero attached hydrogens (tertiary/aromatic N) is 1. The SMILES string of the molecule is CC=NC(=C\SC)/C=C(\C)[C@@H]1C/C=C\CCC[C@H](C)[C@H](O)[C@@H](C)C(=O)[C@@H](C)[C@@H](O)CC(=O)O1. The van der Waals surface area contributed by atoms with Gasteiger partial charge in [0.2, 0.25) is 0 Å². The number of carbonyl (C=O) groups is 2. The van der Waals surface area contributed by atoms with Gasteiger partial charge >= 0.3 is 5.97 Å². The van der Waals surface area contributed by atoms with Crippen LogP contribution in [0, 0.1) is 17.8 Å². The summed E-state index contributed by atoms with van der Waals surface area (Å²) in [4.78, 5) is 29.8. The zero-order chi connectivity index (χ0) is 25.0. The fraction of sp³-hybridized carbons (Fsp3) is 0.654. The van der Waals surface area contributed by atoms with Crippen molar-refractivity contribution in [2.75, 3.05) is 6.26 Å². The number of ether oxygens (including phenoxy) is 1. The summed E-state index contributed by atoms with van der Waals surface area (Å²) in [7, 11) is 0. The second-order valence-electron chi connectivity index (χ2n) is 8.89. The average molecular weight is 480 g/mol. The van der Waals surface area contributed by atoms with Gasteiger partial charge in [0.25, 0.3) is 0 Å². The van der Waals surface area contributed by atoms with Crippen molar-refractivity contribution in [1.29, 1.82) is 0 Å². The Bertz CT molecular complexity index is 758. The van der Waals surface area contributed by atoms with Crippen LogP contribution < -0.4 is 0 Å². The van der Waals surface area contributed by atoms with Gasteiger partial charge in [-0.2, -0.15) is 0 Å². The number of aliphatic hydroxyl groups is 2. The zero-order valence-corrected chi connectivity index (χ0v) is 21.7. The summed E-state index contributed by atoms with van der Waals surface area (Å²) in [6.07, 6.45) is 9.97. The molecule has 6 nitrogen and oxygen atoms in total. The third-order valence-electron chi connectivity index (χ3n) is 6.17. The van der Waals surface area contributed by atoms with Gasteiger partial charge in [-0.25, -0.2) is 0 Å². The normalized spacial score (nSPS) is 33.2. The molecular formula is C26H41NO5S. The van der Waals surface area contributed by atoms with E-state index in [2.05, 4.69) is 11.1 Å². The quantitative estimate of drug-likeness (QED) is 0.259. The molecule has 1 aliphatic heterocycles. The maximum absolute atomic E-state index is 12.8. The molecule has 186 valence electrons. The van der Waals surface area contributed by atoms with Crippen LogP contribution in [0.3, 0.4) is 0 Å². The highest BCUT2D eigenvalue weighted by Gasteiger charge is 2.34. The fourth-order valence-corrected chi connectivity index (χ4v) is 4.28. The molecule has 0 aromatic heterocycles. The van der Waals surface area contributed by atoms with Crippen LogP contribution >= 0.6 is 11.8 Å². The Kier molecular flexibility index (Phi) is 13.6. The van der Waals surface area contributed by atoms with Gasteiger partial charge in [0.1, 0.15) is 11.9 Å². The molecule has 0 aromatic rings. The van der Waals surface area contributed by atoms with Crippen molar-refractivity contribution in [2.24, 2.45) is 22.7 Å². The molecule has 0 spiro atoms. The number of hydrogen-bond acceptors (Lipinski definition) is 7. The number of rotatable bonds is 4. The molecule has 2 N–H and O–H groups in total. The Labute approximate surface area is 203 Å². The van der Waals surface area contributed by atoms with Crippen molar-refractivity contribution in [3.8, 4) is 0 Å². The van der Waals surface area contributed by atoms with E-state index in [0.717, 1.165) is 30.5 Å². The van der Waals surface area contributed by atoms with E-state index in [1.165, 1.54) is 0 Å². The maximum atomic E-state index is 12.8. The van der Waals surface area contributed by atoms with Crippen LogP contribution in [-0.2, 0) is 14.3 Å². The van der Waals surface area contributed by atoms with Gasteiger partial charge in [-0.3, -0.25) is 14.6 Å². The summed E-state index contributed by atoms with van der Waals surface area (Å²) < 4.78 is 5.72. The van der Waals surface area contributed by atoms with Gasteiger partial charge in [0.15, 0.2) is 0 Å². The Morgan fingerprint density at radius 2 is 1.88 bits per heavy atom. The molecule has 33 heavy (non-hydrogen) atoms. The molecule has 7 heteroatoms. The highest BCUT2D eigenvalue weighted by Crippen LogP contribution is 2.25. The lowest BCUT2D eigenvalue weighted by Gasteiger charge is -2.28. The summed E-state index contributed by atoms with van der Waals surface area (Å²) in [6, 6.07) is 0. The highest BCUT2D eigenvalue weighted by molar-refractivity contribution is 8.01. The Morgan fingerprint density at radius 1 is 1.18 bits per heavy atom. The second kappa shape index (κ2) is 15.3. The summed E-state index contributed by atoms with van der Waals surface area (Å²) in [6.45, 7) is 8.98. The number of Topliss-reactive ketones (excluding diaryl/α,β-unsaturated/α-hetero) is 1. The first-order valence-electron chi connectivity index (χ1n) is 11.8. The van der Waals surface area contributed by atoms with Crippen molar-refractivity contribution in [1.82, 2.24) is 0 Å². The van der Waals surface area contributed by atoms with E-state index in [4.69, 9.17) is 4.74 Å². The number of esters is 1. The largest absolute Gasteiger partial charge is 0.457 e. The van der Waals surface area contributed by atoms with Crippen LogP contribution in [0.1, 0.15) is 66.7 Å². The maximum Gasteiger partial charge on any atom is 0.309 e. The molecule has 0 fully saturated rings. The molecule has 0 amide bonds. The van der Waals surface area contributed by atoms with Crippen LogP contribution in [0.4, 0.5) is 0 Å². The highest BCUT2D eigenvalue weighted by atomic mass is 32.2. The molecule has 0 unspecified atom stereocenters. The lowest BCUT2D eigenvalue weighted by atomic mass is 9.81. The monoisotopic (exact) mass is 479 g/mol. The van der Waals surface area contributed by atoms with Crippen molar-refractivity contribution in [2.45, 2.75) is 85.0 Å². The van der Waals surface area contributed by atoms with E-state index in [-0.39, 0.29) is 18.1 Å². The van der Waals surface area contributed by atoms with E-state index >= 15 is 0 Å². The Hall–Kier alpha value is -1.70. The summed E-state index contributed by atoms with van der Waals surface area (Å²) in [5, 5.41) is 23.1. The van der Waals surface area contributed by atoms with Crippen molar-refractivity contribution >= 4 is 29.7 Å². The molecule has 1 aliphatic rings. The molecule has 0 aliphatic carbocycles. The van der Waals surface area contributed by atoms with Crippen LogP contribution in [0.15, 0.2) is 39.9 Å². The van der Waals surface area contributed by atoms with Crippen LogP contribution in [0.5, 0.6) is 0 Å². The molecule has 6 atom stereocenters. The number of hydrogen-bond donors (Lipinski definition) is 2. The number of cyclic esters (lactones) is 1. The second-order valence-corrected chi connectivity index (χ2v) is 9.60. The predicted molar refractivity (Wildman–Crippen MR) is 136 cm³/mol. The van der Waals surface area contributed by atoms with Gasteiger partial charge in [-0.1, -0.05) is 32.9 Å². The average Bonchev–Trinajstić information content (AvgIpc) is 2.77. The van der Waals surface area contributed by atoms with Crippen molar-refractivity contribution < 1.29 is 24.5 Å². The minimum atomic E-state index is -1.17. The van der Waals surface area contributed by atoms with Crippen molar-refractivity contribution in [3.05, 3.63) is 34.9 Å². The first-order valence-corrected chi connectivity index (χ1v) is 13.0. The summed E-state index contributed by atoms with van der Waals surface area (Å²) in [5.41, 5.74) is 1.62. The van der Waals surface area contributed by atoms with Gasteiger partial charge in [0, 0.05) is 24.5 Å². The van der Waals surface area contributed by atoms with E-state index in [1.54, 1.807) is 31.8 Å². The van der Waals surface area contributed by atoms with E-state index < -0.39 is 36.1 Å². The molecule has 0 aromatic carbocycles. The van der Waals surface area contributed by atoms with Crippen LogP contribution in [0.2, 0.25) is 0 Å². The molecular weight excluding hydrogens is 438 g/mol. The topological polar surface area (TPSA) is 96.2 Å². The molecule has 0 saturated carbocycles. The molecule has 1 rings (SSSR count). The zero-order valence-electron chi connectivity index (χ0n) is 20.9. The Morgan fingerprint density at radius 3 is 2.52 bits per heavy atom. The first-order chi connectivity index (χ1) is 15.6. The number of thioether (sulfide) groups is 1. The minimum absolute atomic E-state index is 0.0294. The molecule has 1 heterocycles. The molecule has 0 radical (unpaired) electrons. The standard InChI is InChI=1S/C26H41NO5S/c1-7-27-21(16-33-6)14-18(3)23-13-11-9-8-10-12-17(2)25(30)20(5)26(31)19(4)22(28)15-24(29)32-23/h7,9,11,14,16-17,19-20,22-23,25,28,30H,8,10,12-13,15H2,1-6H3/b11-9-,18-14+,21-16-,27-7?/t17-,19-,20+,22-,23-,25-/m0/s1. The lowest BCUT2D eigenvalue weighted by Crippen LogP contribution is -2.39.